The molecule has 5 nitrogen and oxygen atoms in total. The van der Waals surface area contributed by atoms with Crippen molar-refractivity contribution in [2.75, 3.05) is 32.0 Å². The molecule has 2 fully saturated rings. The number of ether oxygens (including phenoxy) is 1. The fraction of sp³-hybridized carbons (Fsp3) is 1.00. The summed E-state index contributed by atoms with van der Waals surface area (Å²) in [6.45, 7) is 4.27. The molecule has 1 atom stereocenters. The quantitative estimate of drug-likeness (QED) is 0.704. The summed E-state index contributed by atoms with van der Waals surface area (Å²) in [6, 6.07) is 0.563. The molecule has 106 valence electrons. The van der Waals surface area contributed by atoms with Crippen LogP contribution in [0.15, 0.2) is 0 Å². The zero-order valence-electron chi connectivity index (χ0n) is 11.1. The molecule has 1 aliphatic heterocycles. The first kappa shape index (κ1) is 14.2. The fourth-order valence-corrected chi connectivity index (χ4v) is 3.68. The Hall–Kier alpha value is -0.170. The van der Waals surface area contributed by atoms with E-state index in [0.29, 0.717) is 25.7 Å². The van der Waals surface area contributed by atoms with Gasteiger partial charge in [-0.2, -0.15) is 4.31 Å². The molecule has 6 heteroatoms. The van der Waals surface area contributed by atoms with Gasteiger partial charge in [-0.1, -0.05) is 6.92 Å². The summed E-state index contributed by atoms with van der Waals surface area (Å²) in [6.07, 6.45) is 4.50. The Kier molecular flexibility index (Phi) is 5.00. The van der Waals surface area contributed by atoms with Crippen LogP contribution in [0.5, 0.6) is 0 Å². The van der Waals surface area contributed by atoms with E-state index in [0.717, 1.165) is 19.4 Å². The Labute approximate surface area is 110 Å². The van der Waals surface area contributed by atoms with Crippen LogP contribution in [0, 0.1) is 0 Å². The van der Waals surface area contributed by atoms with Gasteiger partial charge in [0.05, 0.1) is 11.9 Å². The minimum Gasteiger partial charge on any atom is -0.377 e. The Morgan fingerprint density at radius 2 is 2.11 bits per heavy atom. The third-order valence-corrected chi connectivity index (χ3v) is 5.46. The van der Waals surface area contributed by atoms with Crippen molar-refractivity contribution in [3.63, 3.8) is 0 Å². The normalized spacial score (nSPS) is 24.9. The molecule has 0 aromatic heterocycles. The number of nitrogens with one attached hydrogen (secondary N) is 1. The number of nitrogens with zero attached hydrogens (tertiary/aromatic N) is 1. The Morgan fingerprint density at radius 1 is 1.33 bits per heavy atom. The first-order valence-electron chi connectivity index (χ1n) is 6.94. The highest BCUT2D eigenvalue weighted by Gasteiger charge is 2.27. The van der Waals surface area contributed by atoms with Crippen molar-refractivity contribution in [1.82, 2.24) is 9.62 Å². The highest BCUT2D eigenvalue weighted by Crippen LogP contribution is 2.18. The van der Waals surface area contributed by atoms with Gasteiger partial charge < -0.3 is 10.1 Å². The molecule has 2 aliphatic rings. The zero-order chi connectivity index (χ0) is 13.0. The van der Waals surface area contributed by atoms with Crippen LogP contribution in [0.25, 0.3) is 0 Å². The lowest BCUT2D eigenvalue weighted by molar-refractivity contribution is 0.0947. The molecule has 0 radical (unpaired) electrons. The van der Waals surface area contributed by atoms with Crippen molar-refractivity contribution in [1.29, 1.82) is 0 Å². The van der Waals surface area contributed by atoms with E-state index < -0.39 is 10.0 Å². The monoisotopic (exact) mass is 276 g/mol. The van der Waals surface area contributed by atoms with Gasteiger partial charge >= 0.3 is 0 Å². The number of rotatable bonds is 8. The van der Waals surface area contributed by atoms with Crippen LogP contribution < -0.4 is 5.32 Å². The molecular weight excluding hydrogens is 252 g/mol. The van der Waals surface area contributed by atoms with Gasteiger partial charge in [0.2, 0.25) is 10.0 Å². The Bertz CT molecular complexity index is 348. The second kappa shape index (κ2) is 6.32. The van der Waals surface area contributed by atoms with Gasteiger partial charge in [0, 0.05) is 32.3 Å². The molecule has 0 bridgehead atoms. The first-order chi connectivity index (χ1) is 8.62. The standard InChI is InChI=1S/C12H24N2O3S/c1-2-14(10-12-4-3-8-17-12)18(15,16)9-7-13-11-5-6-11/h11-13H,2-10H2,1H3. The molecule has 0 spiro atoms. The lowest BCUT2D eigenvalue weighted by atomic mass is 10.2. The summed E-state index contributed by atoms with van der Waals surface area (Å²) in [7, 11) is -3.14. The molecule has 0 aromatic carbocycles. The summed E-state index contributed by atoms with van der Waals surface area (Å²) >= 11 is 0. The maximum Gasteiger partial charge on any atom is 0.215 e. The van der Waals surface area contributed by atoms with E-state index in [1.165, 1.54) is 12.8 Å². The number of hydrogen-bond donors (Lipinski definition) is 1. The lowest BCUT2D eigenvalue weighted by Crippen LogP contribution is -2.40. The van der Waals surface area contributed by atoms with Gasteiger partial charge in [-0.05, 0) is 25.7 Å². The van der Waals surface area contributed by atoms with Crippen LogP contribution in [0.2, 0.25) is 0 Å². The second-order valence-electron chi connectivity index (χ2n) is 5.13. The average molecular weight is 276 g/mol. The van der Waals surface area contributed by atoms with Gasteiger partial charge in [0.15, 0.2) is 0 Å². The highest BCUT2D eigenvalue weighted by atomic mass is 32.2. The zero-order valence-corrected chi connectivity index (χ0v) is 11.9. The molecule has 0 amide bonds. The molecule has 2 rings (SSSR count). The molecule has 1 saturated heterocycles. The Balaban J connectivity index is 1.79. The van der Waals surface area contributed by atoms with E-state index in [4.69, 9.17) is 4.74 Å². The molecule has 1 unspecified atom stereocenters. The summed E-state index contributed by atoms with van der Waals surface area (Å²) in [5, 5.41) is 3.25. The van der Waals surface area contributed by atoms with Gasteiger partial charge in [-0.25, -0.2) is 8.42 Å². The van der Waals surface area contributed by atoms with Crippen LogP contribution in [-0.4, -0.2) is 56.9 Å². The van der Waals surface area contributed by atoms with E-state index in [2.05, 4.69) is 5.32 Å². The van der Waals surface area contributed by atoms with Crippen molar-refractivity contribution in [2.45, 2.75) is 44.8 Å². The van der Waals surface area contributed by atoms with Crippen molar-refractivity contribution in [3.05, 3.63) is 0 Å². The van der Waals surface area contributed by atoms with Crippen molar-refractivity contribution >= 4 is 10.0 Å². The number of sulfonamides is 1. The molecule has 1 N–H and O–H groups in total. The lowest BCUT2D eigenvalue weighted by Gasteiger charge is -2.23. The van der Waals surface area contributed by atoms with E-state index in [-0.39, 0.29) is 11.9 Å². The fourth-order valence-electron chi connectivity index (χ4n) is 2.26. The van der Waals surface area contributed by atoms with Crippen molar-refractivity contribution in [2.24, 2.45) is 0 Å². The third-order valence-electron chi connectivity index (χ3n) is 3.55. The van der Waals surface area contributed by atoms with Gasteiger partial charge in [0.25, 0.3) is 0 Å². The molecule has 18 heavy (non-hydrogen) atoms. The van der Waals surface area contributed by atoms with Crippen LogP contribution in [0.3, 0.4) is 0 Å². The van der Waals surface area contributed by atoms with E-state index in [9.17, 15) is 8.42 Å². The Morgan fingerprint density at radius 3 is 2.67 bits per heavy atom. The maximum absolute atomic E-state index is 12.2. The van der Waals surface area contributed by atoms with E-state index in [1.54, 1.807) is 4.31 Å². The smallest absolute Gasteiger partial charge is 0.215 e. The topological polar surface area (TPSA) is 58.6 Å². The summed E-state index contributed by atoms with van der Waals surface area (Å²) in [4.78, 5) is 0. The van der Waals surface area contributed by atoms with Crippen LogP contribution in [0.1, 0.15) is 32.6 Å². The molecule has 1 aliphatic carbocycles. The summed E-state index contributed by atoms with van der Waals surface area (Å²) in [5.74, 6) is 0.198. The van der Waals surface area contributed by atoms with Crippen LogP contribution in [0.4, 0.5) is 0 Å². The predicted molar refractivity (Wildman–Crippen MR) is 71.0 cm³/mol. The average Bonchev–Trinajstić information content (AvgIpc) is 3.01. The molecular formula is C12H24N2O3S. The SMILES string of the molecule is CCN(CC1CCCO1)S(=O)(=O)CCNC1CC1. The second-order valence-corrected chi connectivity index (χ2v) is 7.22. The minimum atomic E-state index is -3.14. The predicted octanol–water partition coefficient (Wildman–Crippen LogP) is 0.569. The van der Waals surface area contributed by atoms with Gasteiger partial charge in [-0.3, -0.25) is 0 Å². The van der Waals surface area contributed by atoms with Gasteiger partial charge in [-0.15, -0.1) is 0 Å². The molecule has 1 heterocycles. The van der Waals surface area contributed by atoms with Crippen molar-refractivity contribution < 1.29 is 13.2 Å². The highest BCUT2D eigenvalue weighted by molar-refractivity contribution is 7.89. The van der Waals surface area contributed by atoms with Gasteiger partial charge in [0.1, 0.15) is 0 Å². The summed E-state index contributed by atoms with van der Waals surface area (Å²) in [5.41, 5.74) is 0. The molecule has 1 saturated carbocycles. The van der Waals surface area contributed by atoms with Crippen molar-refractivity contribution in [3.8, 4) is 0 Å². The summed E-state index contributed by atoms with van der Waals surface area (Å²) < 4.78 is 31.4. The first-order valence-corrected chi connectivity index (χ1v) is 8.55. The number of hydrogen-bond acceptors (Lipinski definition) is 4. The van der Waals surface area contributed by atoms with Crippen LogP contribution in [-0.2, 0) is 14.8 Å². The third kappa shape index (κ3) is 4.19. The number of likely N-dealkylation sites (N-methyl/N-ethyl adjacent to an activating group) is 1. The van der Waals surface area contributed by atoms with E-state index in [1.807, 2.05) is 6.92 Å². The molecule has 0 aromatic rings. The van der Waals surface area contributed by atoms with E-state index >= 15 is 0 Å². The van der Waals surface area contributed by atoms with Crippen LogP contribution >= 0.6 is 0 Å². The maximum atomic E-state index is 12.2. The largest absolute Gasteiger partial charge is 0.377 e. The minimum absolute atomic E-state index is 0.0936.